The monoisotopic (exact) mass is 551 g/mol. The Kier molecular flexibility index (Phi) is 6.76. The molecule has 2 heterocycles. The Bertz CT molecular complexity index is 1750. The minimum atomic E-state index is -1.55. The molecule has 2 atom stereocenters. The molecule has 6 rings (SSSR count). The van der Waals surface area contributed by atoms with Crippen LogP contribution in [0.25, 0.3) is 10.9 Å². The molecule has 0 bridgehead atoms. The Morgan fingerprint density at radius 1 is 1.10 bits per heavy atom. The molecule has 40 heavy (non-hydrogen) atoms. The van der Waals surface area contributed by atoms with Crippen LogP contribution in [0.15, 0.2) is 85.5 Å². The van der Waals surface area contributed by atoms with Crippen LogP contribution in [0.2, 0.25) is 5.02 Å². The second kappa shape index (κ2) is 11.0. The molecule has 1 aliphatic rings. The zero-order chi connectivity index (χ0) is 28.6. The Balaban J connectivity index is 1.46. The van der Waals surface area contributed by atoms with Gasteiger partial charge < -0.3 is 15.2 Å². The number of halogens is 2. The summed E-state index contributed by atoms with van der Waals surface area (Å²) in [6, 6.07) is 20.5. The molecule has 0 radical (unpaired) electrons. The second-order valence-electron chi connectivity index (χ2n) is 9.97. The molecule has 0 aliphatic heterocycles. The van der Waals surface area contributed by atoms with E-state index in [1.807, 2.05) is 35.0 Å². The molecule has 2 aromatic heterocycles. The molecule has 3 aromatic carbocycles. The van der Waals surface area contributed by atoms with Crippen LogP contribution in [-0.2, 0) is 0 Å². The van der Waals surface area contributed by atoms with Gasteiger partial charge in [0.2, 0.25) is 0 Å². The Hall–Kier alpha value is -4.41. The standard InChI is InChI=1S/C32H28ClFN6/c1-2-28(20-6-4-3-5-7-20)39-30-22(16-35)17-36-32-26(30)14-24(15-27(32)33)38-31(21-8-10-23(34)11-9-21)29-18-40(19-37-29)25-12-13-25/h3-11,14-15,17-19,25,28,31,38H,2,12-13H2,1H3,(H,36,39)/i31D. The van der Waals surface area contributed by atoms with Crippen LogP contribution in [0.4, 0.5) is 15.8 Å². The second-order valence-corrected chi connectivity index (χ2v) is 10.4. The van der Waals surface area contributed by atoms with Gasteiger partial charge in [-0.25, -0.2) is 9.37 Å². The number of rotatable bonds is 9. The quantitative estimate of drug-likeness (QED) is 0.193. The van der Waals surface area contributed by atoms with Gasteiger partial charge in [0.25, 0.3) is 0 Å². The lowest BCUT2D eigenvalue weighted by Crippen LogP contribution is -2.14. The van der Waals surface area contributed by atoms with Crippen molar-refractivity contribution in [3.05, 3.63) is 119 Å². The number of fused-ring (bicyclic) bond motifs is 1. The molecule has 200 valence electrons. The van der Waals surface area contributed by atoms with E-state index in [0.717, 1.165) is 24.8 Å². The van der Waals surface area contributed by atoms with Gasteiger partial charge in [0.15, 0.2) is 0 Å². The number of benzene rings is 3. The molecular weight excluding hydrogens is 523 g/mol. The van der Waals surface area contributed by atoms with Crippen LogP contribution < -0.4 is 10.6 Å². The number of nitriles is 1. The van der Waals surface area contributed by atoms with Gasteiger partial charge >= 0.3 is 0 Å². The number of nitrogens with zero attached hydrogens (tertiary/aromatic N) is 4. The fourth-order valence-corrected chi connectivity index (χ4v) is 5.20. The Morgan fingerprint density at radius 2 is 1.88 bits per heavy atom. The fourth-order valence-electron chi connectivity index (χ4n) is 4.94. The summed E-state index contributed by atoms with van der Waals surface area (Å²) in [7, 11) is 0. The van der Waals surface area contributed by atoms with Crippen molar-refractivity contribution in [1.82, 2.24) is 14.5 Å². The van der Waals surface area contributed by atoms with E-state index in [1.165, 1.54) is 18.3 Å². The van der Waals surface area contributed by atoms with Crippen molar-refractivity contribution in [2.45, 2.75) is 44.3 Å². The third-order valence-electron chi connectivity index (χ3n) is 7.20. The van der Waals surface area contributed by atoms with Crippen LogP contribution >= 0.6 is 11.6 Å². The zero-order valence-corrected chi connectivity index (χ0v) is 22.7. The van der Waals surface area contributed by atoms with E-state index >= 15 is 0 Å². The van der Waals surface area contributed by atoms with Gasteiger partial charge in [-0.3, -0.25) is 4.98 Å². The summed E-state index contributed by atoms with van der Waals surface area (Å²) in [5.41, 5.74) is 4.18. The lowest BCUT2D eigenvalue weighted by Gasteiger charge is -2.23. The van der Waals surface area contributed by atoms with Crippen LogP contribution in [0.5, 0.6) is 0 Å². The van der Waals surface area contributed by atoms with E-state index in [2.05, 4.69) is 45.7 Å². The summed E-state index contributed by atoms with van der Waals surface area (Å²) in [6.07, 6.45) is 8.09. The van der Waals surface area contributed by atoms with E-state index in [1.54, 1.807) is 24.5 Å². The highest BCUT2D eigenvalue weighted by Crippen LogP contribution is 2.38. The number of pyridine rings is 1. The Labute approximate surface area is 238 Å². The largest absolute Gasteiger partial charge is 0.377 e. The summed E-state index contributed by atoms with van der Waals surface area (Å²) in [6.45, 7) is 2.08. The maximum atomic E-state index is 13.9. The molecule has 5 aromatic rings. The molecular formula is C32H28ClFN6. The van der Waals surface area contributed by atoms with Crippen molar-refractivity contribution in [2.75, 3.05) is 10.6 Å². The van der Waals surface area contributed by atoms with Crippen LogP contribution in [0.3, 0.4) is 0 Å². The van der Waals surface area contributed by atoms with Crippen LogP contribution in [-0.4, -0.2) is 14.5 Å². The van der Waals surface area contributed by atoms with E-state index in [0.29, 0.717) is 50.2 Å². The minimum Gasteiger partial charge on any atom is -0.377 e. The van der Waals surface area contributed by atoms with E-state index in [4.69, 9.17) is 11.6 Å². The summed E-state index contributed by atoms with van der Waals surface area (Å²) >= 11 is 6.77. The molecule has 2 N–H and O–H groups in total. The molecule has 0 saturated heterocycles. The molecule has 1 fully saturated rings. The van der Waals surface area contributed by atoms with Gasteiger partial charge in [-0.05, 0) is 54.7 Å². The SMILES string of the molecule is [2H]C(Nc1cc(Cl)c2ncc(C#N)c(NC(CC)c3ccccc3)c2c1)(c1ccc(F)cc1)c1cn(C2CC2)cn1. The van der Waals surface area contributed by atoms with Crippen molar-refractivity contribution in [3.8, 4) is 6.07 Å². The van der Waals surface area contributed by atoms with E-state index in [-0.39, 0.29) is 11.9 Å². The van der Waals surface area contributed by atoms with Gasteiger partial charge in [0, 0.05) is 29.5 Å². The lowest BCUT2D eigenvalue weighted by molar-refractivity contribution is 0.626. The molecule has 1 saturated carbocycles. The van der Waals surface area contributed by atoms with Gasteiger partial charge in [-0.2, -0.15) is 5.26 Å². The molecule has 1 aliphatic carbocycles. The molecule has 2 unspecified atom stereocenters. The first-order chi connectivity index (χ1) is 19.9. The van der Waals surface area contributed by atoms with Crippen LogP contribution in [0.1, 0.15) is 68.0 Å². The van der Waals surface area contributed by atoms with E-state index < -0.39 is 6.02 Å². The Morgan fingerprint density at radius 3 is 2.58 bits per heavy atom. The first kappa shape index (κ1) is 24.6. The average Bonchev–Trinajstić information content (AvgIpc) is 3.72. The van der Waals surface area contributed by atoms with Crippen molar-refractivity contribution < 1.29 is 5.76 Å². The van der Waals surface area contributed by atoms with Crippen molar-refractivity contribution in [2.24, 2.45) is 0 Å². The lowest BCUT2D eigenvalue weighted by atomic mass is 10.0. The predicted octanol–water partition coefficient (Wildman–Crippen LogP) is 8.20. The number of hydrogen-bond acceptors (Lipinski definition) is 5. The van der Waals surface area contributed by atoms with Crippen LogP contribution in [0, 0.1) is 17.1 Å². The van der Waals surface area contributed by atoms with Gasteiger partial charge in [0.05, 0.1) is 47.2 Å². The van der Waals surface area contributed by atoms with Gasteiger partial charge in [0.1, 0.15) is 11.9 Å². The third-order valence-corrected chi connectivity index (χ3v) is 7.49. The number of nitrogens with one attached hydrogen (secondary N) is 2. The van der Waals surface area contributed by atoms with Gasteiger partial charge in [-0.1, -0.05) is 61.0 Å². The highest BCUT2D eigenvalue weighted by molar-refractivity contribution is 6.35. The van der Waals surface area contributed by atoms with Gasteiger partial charge in [-0.15, -0.1) is 0 Å². The molecule has 0 spiro atoms. The van der Waals surface area contributed by atoms with Crippen molar-refractivity contribution in [1.29, 1.82) is 5.26 Å². The first-order valence-corrected chi connectivity index (χ1v) is 13.7. The zero-order valence-electron chi connectivity index (χ0n) is 22.9. The summed E-state index contributed by atoms with van der Waals surface area (Å²) in [4.78, 5) is 9.06. The average molecular weight is 552 g/mol. The van der Waals surface area contributed by atoms with Crippen molar-refractivity contribution >= 4 is 33.9 Å². The summed E-state index contributed by atoms with van der Waals surface area (Å²) in [5.74, 6) is -0.386. The smallest absolute Gasteiger partial charge is 0.123 e. The first-order valence-electron chi connectivity index (χ1n) is 13.8. The summed E-state index contributed by atoms with van der Waals surface area (Å²) < 4.78 is 25.5. The number of hydrogen-bond donors (Lipinski definition) is 2. The molecule has 6 nitrogen and oxygen atoms in total. The highest BCUT2D eigenvalue weighted by atomic mass is 35.5. The maximum absolute atomic E-state index is 13.9. The van der Waals surface area contributed by atoms with Crippen molar-refractivity contribution in [3.63, 3.8) is 0 Å². The molecule has 8 heteroatoms. The number of anilines is 2. The summed E-state index contributed by atoms with van der Waals surface area (Å²) in [5, 5.41) is 17.9. The minimum absolute atomic E-state index is 0.0508. The number of imidazole rings is 1. The highest BCUT2D eigenvalue weighted by Gasteiger charge is 2.26. The molecule has 0 amide bonds. The topological polar surface area (TPSA) is 78.6 Å². The maximum Gasteiger partial charge on any atom is 0.123 e. The predicted molar refractivity (Wildman–Crippen MR) is 157 cm³/mol. The fraction of sp³-hybridized carbons (Fsp3) is 0.219. The third kappa shape index (κ3) is 5.23. The van der Waals surface area contributed by atoms with E-state index in [9.17, 15) is 11.0 Å². The normalized spacial score (nSPS) is 15.6. The number of aromatic nitrogens is 3.